The summed E-state index contributed by atoms with van der Waals surface area (Å²) in [6, 6.07) is 9.31. The zero-order valence-electron chi connectivity index (χ0n) is 13.0. The molecule has 1 aliphatic heterocycles. The summed E-state index contributed by atoms with van der Waals surface area (Å²) >= 11 is 11.8. The quantitative estimate of drug-likeness (QED) is 0.812. The highest BCUT2D eigenvalue weighted by Crippen LogP contribution is 2.32. The largest absolute Gasteiger partial charge is 0.454 e. The third kappa shape index (κ3) is 3.97. The Kier molecular flexibility index (Phi) is 5.01. The Hall–Kier alpha value is -2.44. The monoisotopic (exact) mass is 381 g/mol. The number of hydrogen-bond donors (Lipinski definition) is 1. The molecule has 0 aromatic heterocycles. The van der Waals surface area contributed by atoms with Crippen molar-refractivity contribution in [3.05, 3.63) is 52.0 Å². The van der Waals surface area contributed by atoms with Crippen LogP contribution in [0.1, 0.15) is 17.3 Å². The first-order chi connectivity index (χ1) is 11.9. The molecule has 2 aromatic carbocycles. The molecular weight excluding hydrogens is 369 g/mol. The summed E-state index contributed by atoms with van der Waals surface area (Å²) in [6.45, 7) is 1.57. The smallest absolute Gasteiger partial charge is 0.339 e. The lowest BCUT2D eigenvalue weighted by molar-refractivity contribution is -0.123. The summed E-state index contributed by atoms with van der Waals surface area (Å²) in [7, 11) is 0. The lowest BCUT2D eigenvalue weighted by Gasteiger charge is -2.14. The number of carbonyl (C=O) groups is 2. The Balaban J connectivity index is 1.63. The SMILES string of the molecule is C[C@H](OC(=O)c1ccc2c(c1)OCO2)C(=O)Nc1ccc(Cl)cc1Cl. The highest BCUT2D eigenvalue weighted by Gasteiger charge is 2.22. The van der Waals surface area contributed by atoms with Crippen LogP contribution in [0.4, 0.5) is 5.69 Å². The fourth-order valence-electron chi connectivity index (χ4n) is 2.13. The molecular formula is C17H13Cl2NO5. The number of halogens is 2. The maximum atomic E-state index is 12.2. The molecule has 1 amide bonds. The van der Waals surface area contributed by atoms with Gasteiger partial charge in [-0.25, -0.2) is 4.79 Å². The van der Waals surface area contributed by atoms with E-state index < -0.39 is 18.0 Å². The number of hydrogen-bond acceptors (Lipinski definition) is 5. The number of fused-ring (bicyclic) bond motifs is 1. The van der Waals surface area contributed by atoms with Crippen molar-refractivity contribution in [1.82, 2.24) is 0 Å². The first-order valence-corrected chi connectivity index (χ1v) is 8.06. The zero-order chi connectivity index (χ0) is 18.0. The van der Waals surface area contributed by atoms with E-state index in [4.69, 9.17) is 37.4 Å². The number of carbonyl (C=O) groups excluding carboxylic acids is 2. The maximum Gasteiger partial charge on any atom is 0.339 e. The molecule has 1 N–H and O–H groups in total. The van der Waals surface area contributed by atoms with E-state index in [1.807, 2.05) is 0 Å². The molecule has 0 unspecified atom stereocenters. The summed E-state index contributed by atoms with van der Waals surface area (Å²) in [4.78, 5) is 24.4. The van der Waals surface area contributed by atoms with E-state index in [1.165, 1.54) is 25.1 Å². The number of amides is 1. The zero-order valence-corrected chi connectivity index (χ0v) is 14.6. The van der Waals surface area contributed by atoms with Crippen LogP contribution in [-0.4, -0.2) is 24.8 Å². The summed E-state index contributed by atoms with van der Waals surface area (Å²) in [5.41, 5.74) is 0.635. The van der Waals surface area contributed by atoms with Gasteiger partial charge in [-0.2, -0.15) is 0 Å². The Morgan fingerprint density at radius 3 is 2.64 bits per heavy atom. The van der Waals surface area contributed by atoms with E-state index in [2.05, 4.69) is 5.32 Å². The van der Waals surface area contributed by atoms with Crippen molar-refractivity contribution in [3.8, 4) is 11.5 Å². The van der Waals surface area contributed by atoms with Gasteiger partial charge < -0.3 is 19.5 Å². The lowest BCUT2D eigenvalue weighted by Crippen LogP contribution is -2.30. The second kappa shape index (κ2) is 7.21. The Bertz CT molecular complexity index is 840. The predicted molar refractivity (Wildman–Crippen MR) is 92.5 cm³/mol. The minimum Gasteiger partial charge on any atom is -0.454 e. The third-order valence-electron chi connectivity index (χ3n) is 3.45. The van der Waals surface area contributed by atoms with Gasteiger partial charge in [0.05, 0.1) is 16.3 Å². The van der Waals surface area contributed by atoms with Crippen LogP contribution in [0.5, 0.6) is 11.5 Å². The minimum atomic E-state index is -1.02. The summed E-state index contributed by atoms with van der Waals surface area (Å²) in [5.74, 6) is -0.152. The van der Waals surface area contributed by atoms with Crippen molar-refractivity contribution in [2.45, 2.75) is 13.0 Å². The summed E-state index contributed by atoms with van der Waals surface area (Å²) in [6.07, 6.45) is -1.02. The summed E-state index contributed by atoms with van der Waals surface area (Å²) in [5, 5.41) is 3.32. The van der Waals surface area contributed by atoms with Crippen LogP contribution < -0.4 is 14.8 Å². The van der Waals surface area contributed by atoms with Gasteiger partial charge in [-0.05, 0) is 43.3 Å². The average Bonchev–Trinajstić information content (AvgIpc) is 3.04. The highest BCUT2D eigenvalue weighted by molar-refractivity contribution is 6.36. The van der Waals surface area contributed by atoms with E-state index >= 15 is 0 Å². The molecule has 1 aliphatic rings. The standard InChI is InChI=1S/C17H13Cl2NO5/c1-9(16(21)20-13-4-3-11(18)7-12(13)19)25-17(22)10-2-5-14-15(6-10)24-8-23-14/h2-7,9H,8H2,1H3,(H,20,21)/t9-/m0/s1. The van der Waals surface area contributed by atoms with Crippen molar-refractivity contribution in [2.24, 2.45) is 0 Å². The molecule has 130 valence electrons. The molecule has 1 heterocycles. The highest BCUT2D eigenvalue weighted by atomic mass is 35.5. The normalized spacial score (nSPS) is 13.2. The van der Waals surface area contributed by atoms with E-state index in [1.54, 1.807) is 18.2 Å². The molecule has 0 fully saturated rings. The molecule has 0 spiro atoms. The maximum absolute atomic E-state index is 12.2. The van der Waals surface area contributed by atoms with Crippen LogP contribution >= 0.6 is 23.2 Å². The van der Waals surface area contributed by atoms with Crippen molar-refractivity contribution in [3.63, 3.8) is 0 Å². The summed E-state index contributed by atoms with van der Waals surface area (Å²) < 4.78 is 15.6. The molecule has 25 heavy (non-hydrogen) atoms. The Morgan fingerprint density at radius 2 is 1.88 bits per heavy atom. The second-order valence-electron chi connectivity index (χ2n) is 5.23. The molecule has 0 aliphatic carbocycles. The molecule has 0 saturated heterocycles. The predicted octanol–water partition coefficient (Wildman–Crippen LogP) is 3.91. The van der Waals surface area contributed by atoms with Gasteiger partial charge >= 0.3 is 5.97 Å². The molecule has 0 saturated carbocycles. The number of rotatable bonds is 4. The van der Waals surface area contributed by atoms with E-state index in [0.717, 1.165) is 0 Å². The van der Waals surface area contributed by atoms with Crippen LogP contribution in [0.15, 0.2) is 36.4 Å². The van der Waals surface area contributed by atoms with Gasteiger partial charge in [-0.1, -0.05) is 23.2 Å². The van der Waals surface area contributed by atoms with Gasteiger partial charge in [0, 0.05) is 5.02 Å². The number of ether oxygens (including phenoxy) is 3. The fraction of sp³-hybridized carbons (Fsp3) is 0.176. The number of benzene rings is 2. The third-order valence-corrected chi connectivity index (χ3v) is 4.00. The van der Waals surface area contributed by atoms with Crippen molar-refractivity contribution < 1.29 is 23.8 Å². The average molecular weight is 382 g/mol. The van der Waals surface area contributed by atoms with Crippen molar-refractivity contribution in [1.29, 1.82) is 0 Å². The Morgan fingerprint density at radius 1 is 1.12 bits per heavy atom. The van der Waals surface area contributed by atoms with E-state index in [0.29, 0.717) is 22.2 Å². The first kappa shape index (κ1) is 17.4. The van der Waals surface area contributed by atoms with Crippen LogP contribution in [0.25, 0.3) is 0 Å². The first-order valence-electron chi connectivity index (χ1n) is 7.30. The molecule has 3 rings (SSSR count). The van der Waals surface area contributed by atoms with Gasteiger partial charge in [0.25, 0.3) is 5.91 Å². The molecule has 0 bridgehead atoms. The van der Waals surface area contributed by atoms with Gasteiger partial charge in [0.2, 0.25) is 6.79 Å². The van der Waals surface area contributed by atoms with Gasteiger partial charge in [-0.15, -0.1) is 0 Å². The van der Waals surface area contributed by atoms with Crippen molar-refractivity contribution >= 4 is 40.8 Å². The van der Waals surface area contributed by atoms with E-state index in [-0.39, 0.29) is 17.4 Å². The fourth-order valence-corrected chi connectivity index (χ4v) is 2.59. The molecule has 8 heteroatoms. The van der Waals surface area contributed by atoms with Gasteiger partial charge in [-0.3, -0.25) is 4.79 Å². The molecule has 0 radical (unpaired) electrons. The Labute approximate surface area is 153 Å². The molecule has 2 aromatic rings. The van der Waals surface area contributed by atoms with Gasteiger partial charge in [0.15, 0.2) is 17.6 Å². The number of esters is 1. The van der Waals surface area contributed by atoms with Crippen molar-refractivity contribution in [2.75, 3.05) is 12.1 Å². The van der Waals surface area contributed by atoms with E-state index in [9.17, 15) is 9.59 Å². The van der Waals surface area contributed by atoms with Crippen LogP contribution in [-0.2, 0) is 9.53 Å². The van der Waals surface area contributed by atoms with Crippen LogP contribution in [0.2, 0.25) is 10.0 Å². The number of anilines is 1. The second-order valence-corrected chi connectivity index (χ2v) is 6.07. The topological polar surface area (TPSA) is 73.9 Å². The number of nitrogens with one attached hydrogen (secondary N) is 1. The lowest BCUT2D eigenvalue weighted by atomic mass is 10.2. The molecule has 1 atom stereocenters. The van der Waals surface area contributed by atoms with Crippen LogP contribution in [0.3, 0.4) is 0 Å². The van der Waals surface area contributed by atoms with Gasteiger partial charge in [0.1, 0.15) is 0 Å². The molecule has 6 nitrogen and oxygen atoms in total. The minimum absolute atomic E-state index is 0.106. The van der Waals surface area contributed by atoms with Crippen LogP contribution in [0, 0.1) is 0 Å².